The van der Waals surface area contributed by atoms with Gasteiger partial charge in [-0.05, 0) is 99.3 Å². The molecule has 4 aromatic carbocycles. The molecule has 1 N–H and O–H groups in total. The van der Waals surface area contributed by atoms with Gasteiger partial charge in [-0.1, -0.05) is 77.8 Å². The van der Waals surface area contributed by atoms with Crippen LogP contribution in [0.1, 0.15) is 43.0 Å². The van der Waals surface area contributed by atoms with Crippen LogP contribution < -0.4 is 9.62 Å². The quantitative estimate of drug-likeness (QED) is 0.179. The van der Waals surface area contributed by atoms with E-state index in [4.69, 9.17) is 23.2 Å². The predicted molar refractivity (Wildman–Crippen MR) is 186 cm³/mol. The Balaban J connectivity index is 1.84. The fourth-order valence-electron chi connectivity index (χ4n) is 4.96. The Morgan fingerprint density at radius 2 is 1.46 bits per heavy atom. The summed E-state index contributed by atoms with van der Waals surface area (Å²) < 4.78 is 29.5. The predicted octanol–water partition coefficient (Wildman–Crippen LogP) is 7.36. The van der Waals surface area contributed by atoms with Crippen molar-refractivity contribution in [3.63, 3.8) is 0 Å². The third-order valence-electron chi connectivity index (χ3n) is 7.53. The first-order chi connectivity index (χ1) is 21.7. The highest BCUT2D eigenvalue weighted by Crippen LogP contribution is 2.28. The van der Waals surface area contributed by atoms with Gasteiger partial charge in [-0.2, -0.15) is 0 Å². The van der Waals surface area contributed by atoms with Crippen molar-refractivity contribution >= 4 is 50.7 Å². The van der Waals surface area contributed by atoms with Gasteiger partial charge in [0.05, 0.1) is 10.6 Å². The molecule has 0 aliphatic rings. The lowest BCUT2D eigenvalue weighted by Gasteiger charge is -2.35. The molecular formula is C36H39Cl2N3O4S. The van der Waals surface area contributed by atoms with E-state index in [-0.39, 0.29) is 23.8 Å². The van der Waals surface area contributed by atoms with Gasteiger partial charge in [0, 0.05) is 28.5 Å². The first kappa shape index (κ1) is 35.0. The van der Waals surface area contributed by atoms with Gasteiger partial charge >= 0.3 is 0 Å². The smallest absolute Gasteiger partial charge is 0.264 e. The van der Waals surface area contributed by atoms with E-state index >= 15 is 0 Å². The minimum Gasteiger partial charge on any atom is -0.350 e. The van der Waals surface area contributed by atoms with Crippen molar-refractivity contribution in [3.8, 4) is 0 Å². The molecule has 0 saturated carbocycles. The number of aryl methyl sites for hydroxylation is 2. The molecule has 0 unspecified atom stereocenters. The lowest BCUT2D eigenvalue weighted by molar-refractivity contribution is -0.140. The lowest BCUT2D eigenvalue weighted by Crippen LogP contribution is -2.56. The molecule has 7 nitrogen and oxygen atoms in total. The molecule has 0 spiro atoms. The maximum Gasteiger partial charge on any atom is 0.264 e. The molecule has 0 bridgehead atoms. The van der Waals surface area contributed by atoms with Gasteiger partial charge in [0.25, 0.3) is 10.0 Å². The van der Waals surface area contributed by atoms with Gasteiger partial charge in [-0.3, -0.25) is 13.9 Å². The van der Waals surface area contributed by atoms with Crippen LogP contribution in [0.5, 0.6) is 0 Å². The summed E-state index contributed by atoms with van der Waals surface area (Å²) in [5.74, 6) is -0.935. The van der Waals surface area contributed by atoms with Crippen molar-refractivity contribution in [2.24, 2.45) is 0 Å². The van der Waals surface area contributed by atoms with Gasteiger partial charge in [0.15, 0.2) is 0 Å². The monoisotopic (exact) mass is 679 g/mol. The Bertz CT molecular complexity index is 1790. The molecule has 46 heavy (non-hydrogen) atoms. The highest BCUT2D eigenvalue weighted by atomic mass is 35.5. The average molecular weight is 681 g/mol. The fraction of sp³-hybridized carbons (Fsp3) is 0.278. The van der Waals surface area contributed by atoms with E-state index in [1.54, 1.807) is 36.4 Å². The van der Waals surface area contributed by atoms with Crippen LogP contribution in [0.25, 0.3) is 0 Å². The number of sulfonamides is 1. The summed E-state index contributed by atoms with van der Waals surface area (Å²) in [5, 5.41) is 3.83. The molecule has 1 atom stereocenters. The number of halogens is 2. The summed E-state index contributed by atoms with van der Waals surface area (Å²) in [4.78, 5) is 30.0. The Morgan fingerprint density at radius 1 is 0.826 bits per heavy atom. The first-order valence-electron chi connectivity index (χ1n) is 14.9. The zero-order valence-corrected chi connectivity index (χ0v) is 29.0. The number of carbonyl (C=O) groups excluding carboxylic acids is 2. The zero-order valence-electron chi connectivity index (χ0n) is 26.6. The number of hydrogen-bond acceptors (Lipinski definition) is 4. The van der Waals surface area contributed by atoms with E-state index in [9.17, 15) is 18.0 Å². The van der Waals surface area contributed by atoms with E-state index in [0.717, 1.165) is 21.0 Å². The molecule has 0 aromatic heterocycles. The van der Waals surface area contributed by atoms with Gasteiger partial charge in [-0.15, -0.1) is 0 Å². The summed E-state index contributed by atoms with van der Waals surface area (Å²) in [5.41, 5.74) is 3.03. The van der Waals surface area contributed by atoms with E-state index < -0.39 is 34.1 Å². The van der Waals surface area contributed by atoms with Gasteiger partial charge < -0.3 is 10.2 Å². The largest absolute Gasteiger partial charge is 0.350 e. The van der Waals surface area contributed by atoms with Crippen LogP contribution in [0.4, 0.5) is 5.69 Å². The van der Waals surface area contributed by atoms with E-state index in [1.807, 2.05) is 71.0 Å². The molecule has 4 aromatic rings. The molecule has 10 heteroatoms. The molecule has 4 rings (SSSR count). The number of hydrogen-bond donors (Lipinski definition) is 1. The van der Waals surface area contributed by atoms with Crippen molar-refractivity contribution < 1.29 is 18.0 Å². The fourth-order valence-corrected chi connectivity index (χ4v) is 6.69. The molecule has 0 aliphatic heterocycles. The average Bonchev–Trinajstić information content (AvgIpc) is 2.99. The number of benzene rings is 4. The van der Waals surface area contributed by atoms with Crippen LogP contribution in [-0.4, -0.2) is 43.3 Å². The molecular weight excluding hydrogens is 641 g/mol. The van der Waals surface area contributed by atoms with Crippen LogP contribution in [0.2, 0.25) is 10.0 Å². The van der Waals surface area contributed by atoms with Gasteiger partial charge in [-0.25, -0.2) is 8.42 Å². The Kier molecular flexibility index (Phi) is 11.2. The van der Waals surface area contributed by atoms with Crippen molar-refractivity contribution in [1.82, 2.24) is 10.2 Å². The number of amides is 2. The lowest BCUT2D eigenvalue weighted by atomic mass is 10.0. The van der Waals surface area contributed by atoms with Crippen molar-refractivity contribution in [2.45, 2.75) is 64.1 Å². The van der Waals surface area contributed by atoms with Crippen molar-refractivity contribution in [1.29, 1.82) is 0 Å². The molecule has 0 saturated heterocycles. The maximum atomic E-state index is 14.6. The van der Waals surface area contributed by atoms with Gasteiger partial charge in [0.2, 0.25) is 11.8 Å². The van der Waals surface area contributed by atoms with Crippen LogP contribution in [-0.2, 0) is 32.6 Å². The van der Waals surface area contributed by atoms with Crippen LogP contribution in [0.15, 0.2) is 102 Å². The molecule has 242 valence electrons. The first-order valence-corrected chi connectivity index (χ1v) is 17.1. The van der Waals surface area contributed by atoms with Crippen LogP contribution >= 0.6 is 23.2 Å². The number of rotatable bonds is 11. The highest BCUT2D eigenvalue weighted by molar-refractivity contribution is 7.92. The Morgan fingerprint density at radius 3 is 2.07 bits per heavy atom. The number of carbonyl (C=O) groups is 2. The molecule has 2 amide bonds. The zero-order chi connectivity index (χ0) is 33.6. The van der Waals surface area contributed by atoms with E-state index in [1.165, 1.54) is 29.2 Å². The van der Waals surface area contributed by atoms with Gasteiger partial charge in [0.1, 0.15) is 12.6 Å². The SMILES string of the molecule is Cc1ccc(N(CC(=O)N(Cc2ccccc2Cl)[C@@H](Cc2ccccc2)C(=O)NC(C)(C)C)S(=O)(=O)c2ccc(Cl)cc2)cc1C. The summed E-state index contributed by atoms with van der Waals surface area (Å²) in [6.45, 7) is 8.82. The summed E-state index contributed by atoms with van der Waals surface area (Å²) in [6.07, 6.45) is 0.201. The van der Waals surface area contributed by atoms with E-state index in [0.29, 0.717) is 21.3 Å². The second kappa shape index (κ2) is 14.7. The standard InChI is InChI=1S/C36H39Cl2N3O4S/c1-25-15-18-30(21-26(25)2)41(46(44,45)31-19-16-29(37)17-20-31)24-34(42)40(23-28-13-9-10-14-32(28)38)33(35(43)39-36(3,4)5)22-27-11-7-6-8-12-27/h6-21,33H,22-24H2,1-5H3,(H,39,43)/t33-/m0/s1. The van der Waals surface area contributed by atoms with Crippen molar-refractivity contribution in [2.75, 3.05) is 10.8 Å². The maximum absolute atomic E-state index is 14.6. The second-order valence-electron chi connectivity index (χ2n) is 12.3. The minimum atomic E-state index is -4.24. The highest BCUT2D eigenvalue weighted by Gasteiger charge is 2.36. The molecule has 0 fully saturated rings. The minimum absolute atomic E-state index is 0.0185. The topological polar surface area (TPSA) is 86.8 Å². The Hall–Kier alpha value is -3.85. The summed E-state index contributed by atoms with van der Waals surface area (Å²) in [7, 11) is -4.24. The second-order valence-corrected chi connectivity index (χ2v) is 15.0. The molecule has 0 radical (unpaired) electrons. The molecule has 0 heterocycles. The van der Waals surface area contributed by atoms with Crippen LogP contribution in [0.3, 0.4) is 0 Å². The number of anilines is 1. The van der Waals surface area contributed by atoms with E-state index in [2.05, 4.69) is 5.32 Å². The summed E-state index contributed by atoms with van der Waals surface area (Å²) in [6, 6.07) is 26.5. The molecule has 0 aliphatic carbocycles. The third kappa shape index (κ3) is 8.90. The third-order valence-corrected chi connectivity index (χ3v) is 9.94. The number of nitrogens with one attached hydrogen (secondary N) is 1. The Labute approximate surface area is 282 Å². The summed E-state index contributed by atoms with van der Waals surface area (Å²) >= 11 is 12.6. The normalized spacial score (nSPS) is 12.3. The van der Waals surface area contributed by atoms with Crippen molar-refractivity contribution in [3.05, 3.63) is 129 Å². The number of nitrogens with zero attached hydrogens (tertiary/aromatic N) is 2. The van der Waals surface area contributed by atoms with Crippen LogP contribution in [0, 0.1) is 13.8 Å².